The van der Waals surface area contributed by atoms with Crippen molar-refractivity contribution in [3.05, 3.63) is 0 Å². The fraction of sp³-hybridized carbons (Fsp3) is 0.909. The highest BCUT2D eigenvalue weighted by atomic mass is 35.5. The van der Waals surface area contributed by atoms with Gasteiger partial charge in [0.05, 0.1) is 0 Å². The predicted octanol–water partition coefficient (Wildman–Crippen LogP) is 2.95. The van der Waals surface area contributed by atoms with E-state index >= 15 is 0 Å². The van der Waals surface area contributed by atoms with Crippen LogP contribution in [0.4, 0.5) is 0 Å². The topological polar surface area (TPSA) is 29.1 Å². The van der Waals surface area contributed by atoms with Crippen LogP contribution >= 0.6 is 11.6 Å². The Balaban J connectivity index is 3.22. The zero-order valence-corrected chi connectivity index (χ0v) is 10.1. The lowest BCUT2D eigenvalue weighted by Gasteiger charge is -2.07. The van der Waals surface area contributed by atoms with Crippen LogP contribution in [0.25, 0.3) is 0 Å². The summed E-state index contributed by atoms with van der Waals surface area (Å²) in [5, 5.41) is 2.91. The lowest BCUT2D eigenvalue weighted by molar-refractivity contribution is -0.121. The number of carbonyl (C=O) groups is 1. The number of halogens is 1. The molecule has 0 radical (unpaired) electrons. The minimum absolute atomic E-state index is 0.186. The second-order valence-corrected chi connectivity index (χ2v) is 4.16. The summed E-state index contributed by atoms with van der Waals surface area (Å²) in [4.78, 5) is 11.2. The second-order valence-electron chi connectivity index (χ2n) is 3.86. The summed E-state index contributed by atoms with van der Waals surface area (Å²) in [6.45, 7) is 5.02. The molecule has 1 amide bonds. The van der Waals surface area contributed by atoms with Crippen molar-refractivity contribution in [2.75, 3.05) is 12.4 Å². The molecule has 0 aliphatic heterocycles. The number of rotatable bonds is 8. The first-order valence-corrected chi connectivity index (χ1v) is 6.06. The van der Waals surface area contributed by atoms with E-state index in [1.54, 1.807) is 0 Å². The summed E-state index contributed by atoms with van der Waals surface area (Å²) >= 11 is 5.67. The Hall–Kier alpha value is -0.240. The third-order valence-corrected chi connectivity index (χ3v) is 2.74. The van der Waals surface area contributed by atoms with Crippen LogP contribution in [0.1, 0.15) is 46.0 Å². The fourth-order valence-corrected chi connectivity index (χ4v) is 1.34. The number of unbranched alkanes of at least 4 members (excludes halogenated alkanes) is 1. The van der Waals surface area contributed by atoms with Crippen molar-refractivity contribution < 1.29 is 4.79 Å². The number of carbonyl (C=O) groups excluding carboxylic acids is 1. The zero-order chi connectivity index (χ0) is 10.8. The molecule has 1 atom stereocenters. The van der Waals surface area contributed by atoms with Gasteiger partial charge < -0.3 is 5.32 Å². The summed E-state index contributed by atoms with van der Waals surface area (Å²) in [5.74, 6) is 1.46. The number of hydrogen-bond donors (Lipinski definition) is 1. The molecule has 0 aliphatic rings. The van der Waals surface area contributed by atoms with Gasteiger partial charge in [-0.2, -0.15) is 0 Å². The average molecular weight is 220 g/mol. The fourth-order valence-electron chi connectivity index (χ4n) is 1.18. The number of alkyl halides is 1. The van der Waals surface area contributed by atoms with E-state index in [0.29, 0.717) is 18.2 Å². The first kappa shape index (κ1) is 13.8. The molecule has 3 heteroatoms. The lowest BCUT2D eigenvalue weighted by Crippen LogP contribution is -2.24. The molecular formula is C11H22ClNO. The van der Waals surface area contributed by atoms with Crippen molar-refractivity contribution in [3.8, 4) is 0 Å². The van der Waals surface area contributed by atoms with Gasteiger partial charge in [0.25, 0.3) is 0 Å². The monoisotopic (exact) mass is 219 g/mol. The molecule has 1 unspecified atom stereocenters. The SMILES string of the molecule is CCCCC(=O)NCCCC(C)CCl. The lowest BCUT2D eigenvalue weighted by atomic mass is 10.1. The van der Waals surface area contributed by atoms with Crippen molar-refractivity contribution in [1.29, 1.82) is 0 Å². The van der Waals surface area contributed by atoms with Crippen LogP contribution in [-0.4, -0.2) is 18.3 Å². The third-order valence-electron chi connectivity index (χ3n) is 2.22. The molecule has 0 heterocycles. The Kier molecular flexibility index (Phi) is 9.16. The van der Waals surface area contributed by atoms with E-state index in [9.17, 15) is 4.79 Å². The van der Waals surface area contributed by atoms with Crippen molar-refractivity contribution in [2.45, 2.75) is 46.0 Å². The second kappa shape index (κ2) is 9.32. The Morgan fingerprint density at radius 2 is 2.14 bits per heavy atom. The molecule has 0 fully saturated rings. The van der Waals surface area contributed by atoms with Gasteiger partial charge in [-0.15, -0.1) is 11.6 Å². The summed E-state index contributed by atoms with van der Waals surface area (Å²) in [6, 6.07) is 0. The van der Waals surface area contributed by atoms with E-state index in [1.807, 2.05) is 0 Å². The van der Waals surface area contributed by atoms with Gasteiger partial charge in [-0.1, -0.05) is 20.3 Å². The maximum Gasteiger partial charge on any atom is 0.219 e. The Morgan fingerprint density at radius 3 is 2.71 bits per heavy atom. The van der Waals surface area contributed by atoms with Crippen molar-refractivity contribution in [2.24, 2.45) is 5.92 Å². The highest BCUT2D eigenvalue weighted by molar-refractivity contribution is 6.18. The molecule has 0 saturated carbocycles. The molecule has 14 heavy (non-hydrogen) atoms. The van der Waals surface area contributed by atoms with Crippen molar-refractivity contribution >= 4 is 17.5 Å². The molecule has 84 valence electrons. The highest BCUT2D eigenvalue weighted by Gasteiger charge is 2.01. The number of hydrogen-bond acceptors (Lipinski definition) is 1. The molecule has 1 N–H and O–H groups in total. The predicted molar refractivity (Wildman–Crippen MR) is 61.7 cm³/mol. The van der Waals surface area contributed by atoms with E-state index in [-0.39, 0.29) is 5.91 Å². The normalized spacial score (nSPS) is 12.5. The van der Waals surface area contributed by atoms with Crippen LogP contribution in [-0.2, 0) is 4.79 Å². The largest absolute Gasteiger partial charge is 0.356 e. The van der Waals surface area contributed by atoms with Crippen LogP contribution in [0.5, 0.6) is 0 Å². The minimum Gasteiger partial charge on any atom is -0.356 e. The molecule has 0 aliphatic carbocycles. The van der Waals surface area contributed by atoms with Gasteiger partial charge in [-0.25, -0.2) is 0 Å². The first-order valence-electron chi connectivity index (χ1n) is 5.53. The van der Waals surface area contributed by atoms with Gasteiger partial charge in [0, 0.05) is 18.8 Å². The third kappa shape index (κ3) is 8.36. The van der Waals surface area contributed by atoms with E-state index in [2.05, 4.69) is 19.2 Å². The van der Waals surface area contributed by atoms with Gasteiger partial charge in [0.2, 0.25) is 5.91 Å². The van der Waals surface area contributed by atoms with Crippen LogP contribution in [0.2, 0.25) is 0 Å². The van der Waals surface area contributed by atoms with Crippen molar-refractivity contribution in [1.82, 2.24) is 5.32 Å². The molecule has 0 aromatic rings. The molecule has 0 aromatic heterocycles. The van der Waals surface area contributed by atoms with Gasteiger partial charge in [-0.3, -0.25) is 4.79 Å². The van der Waals surface area contributed by atoms with Gasteiger partial charge in [-0.05, 0) is 25.2 Å². The Bertz CT molecular complexity index is 150. The molecule has 0 aromatic carbocycles. The zero-order valence-electron chi connectivity index (χ0n) is 9.31. The van der Waals surface area contributed by atoms with E-state index in [0.717, 1.165) is 32.2 Å². The highest BCUT2D eigenvalue weighted by Crippen LogP contribution is 2.06. The van der Waals surface area contributed by atoms with Gasteiger partial charge >= 0.3 is 0 Å². The molecule has 0 saturated heterocycles. The molecule has 0 rings (SSSR count). The van der Waals surface area contributed by atoms with E-state index < -0.39 is 0 Å². The smallest absolute Gasteiger partial charge is 0.219 e. The van der Waals surface area contributed by atoms with Crippen molar-refractivity contribution in [3.63, 3.8) is 0 Å². The van der Waals surface area contributed by atoms with Gasteiger partial charge in [0.1, 0.15) is 0 Å². The molecule has 0 spiro atoms. The molecule has 0 bridgehead atoms. The summed E-state index contributed by atoms with van der Waals surface area (Å²) in [7, 11) is 0. The van der Waals surface area contributed by atoms with Crippen LogP contribution < -0.4 is 5.32 Å². The van der Waals surface area contributed by atoms with Crippen LogP contribution in [0.15, 0.2) is 0 Å². The maximum atomic E-state index is 11.2. The summed E-state index contributed by atoms with van der Waals surface area (Å²) in [5.41, 5.74) is 0. The van der Waals surface area contributed by atoms with E-state index in [4.69, 9.17) is 11.6 Å². The minimum atomic E-state index is 0.186. The van der Waals surface area contributed by atoms with E-state index in [1.165, 1.54) is 0 Å². The average Bonchev–Trinajstić information content (AvgIpc) is 2.21. The maximum absolute atomic E-state index is 11.2. The standard InChI is InChI=1S/C11H22ClNO/c1-3-4-7-11(14)13-8-5-6-10(2)9-12/h10H,3-9H2,1-2H3,(H,13,14). The molecular weight excluding hydrogens is 198 g/mol. The summed E-state index contributed by atoms with van der Waals surface area (Å²) in [6.07, 6.45) is 4.87. The van der Waals surface area contributed by atoms with Crippen LogP contribution in [0.3, 0.4) is 0 Å². The summed E-state index contributed by atoms with van der Waals surface area (Å²) < 4.78 is 0. The van der Waals surface area contributed by atoms with Crippen LogP contribution in [0, 0.1) is 5.92 Å². The van der Waals surface area contributed by atoms with Gasteiger partial charge in [0.15, 0.2) is 0 Å². The quantitative estimate of drug-likeness (QED) is 0.494. The Morgan fingerprint density at radius 1 is 1.43 bits per heavy atom. The first-order chi connectivity index (χ1) is 6.70. The Labute approximate surface area is 92.4 Å². The number of nitrogens with one attached hydrogen (secondary N) is 1. The molecule has 2 nitrogen and oxygen atoms in total. The number of amides is 1.